The number of hydrogen-bond donors (Lipinski definition) is 22. The van der Waals surface area contributed by atoms with Crippen molar-refractivity contribution in [1.29, 1.82) is 0 Å². The van der Waals surface area contributed by atoms with Crippen LogP contribution in [0, 0.1) is 45.3 Å². The van der Waals surface area contributed by atoms with Crippen LogP contribution in [0.15, 0.2) is 11.6 Å². The van der Waals surface area contributed by atoms with Crippen molar-refractivity contribution in [2.75, 3.05) is 39.6 Å². The topological polar surface area (TPSA) is 556 Å². The quantitative estimate of drug-likeness (QED) is 0.0423. The third-order valence-electron chi connectivity index (χ3n) is 25.0. The van der Waals surface area contributed by atoms with Gasteiger partial charge in [-0.05, 0) is 99.7 Å². The van der Waals surface area contributed by atoms with Crippen LogP contribution in [0.25, 0.3) is 0 Å². The third kappa shape index (κ3) is 14.9. The molecule has 0 amide bonds. The first-order valence-corrected chi connectivity index (χ1v) is 35.1. The predicted octanol–water partition coefficient (Wildman–Crippen LogP) is -7.58. The Bertz CT molecular complexity index is 2670. The van der Waals surface area contributed by atoms with Gasteiger partial charge in [0.1, 0.15) is 146 Å². The maximum absolute atomic E-state index is 12.9. The molecule has 4 aliphatic carbocycles. The molecule has 22 N–H and O–H groups in total. The van der Waals surface area contributed by atoms with Gasteiger partial charge in [0.25, 0.3) is 0 Å². The van der Waals surface area contributed by atoms with Gasteiger partial charge in [0.05, 0.1) is 63.6 Å². The molecule has 0 aromatic carbocycles. The van der Waals surface area contributed by atoms with Gasteiger partial charge in [-0.2, -0.15) is 0 Å². The number of ether oxygens (including phenoxy) is 12. The maximum atomic E-state index is 12.9. The monoisotopic (exact) mass is 1450 g/mol. The highest BCUT2D eigenvalue weighted by Gasteiger charge is 2.71. The Labute approximate surface area is 579 Å². The molecular formula is C66H112O34. The van der Waals surface area contributed by atoms with E-state index >= 15 is 0 Å². The summed E-state index contributed by atoms with van der Waals surface area (Å²) in [6.45, 7) is 11.6. The van der Waals surface area contributed by atoms with Crippen LogP contribution < -0.4 is 0 Å². The SMILES string of the molecule is C[C@H](CC[C@@H](O[C@@H]1O[C@H](CO[C@@H]2O[C@H](CO)[C@@H](O)[C@H](O)[C@H]2O)[C@@H](O)[C@H](O)[C@H]1O[C@@H]1O[C@H](CO)[C@@H](O)[C@H](O)[C@H]1O)C(C)(C)O)[C@H]1CC[C@@]2(C)[C@@H]3CC=C4C(CC[C@H](O[C@@H]5O[C@H](CO[C@@H]6O[C@H](CO[C@H]7O[C@H](CO)[C@@H](O)[C@H](O)[C@H]7O)[C@@H](O)[C@H](O)[C@H]6O)[C@@H](O)[C@H](O)[C@H]5O)C4(C)C)[C@]3(C)[C@H](O)C[C@]12C. The molecule has 0 radical (unpaired) electrons. The lowest BCUT2D eigenvalue weighted by atomic mass is 9.38. The molecule has 40 atom stereocenters. The highest BCUT2D eigenvalue weighted by Crippen LogP contribution is 2.75. The summed E-state index contributed by atoms with van der Waals surface area (Å²) in [4.78, 5) is 0. The van der Waals surface area contributed by atoms with Crippen molar-refractivity contribution in [3.63, 3.8) is 0 Å². The van der Waals surface area contributed by atoms with E-state index in [4.69, 9.17) is 56.8 Å². The van der Waals surface area contributed by atoms with Crippen molar-refractivity contribution in [3.05, 3.63) is 11.6 Å². The highest BCUT2D eigenvalue weighted by atomic mass is 16.8. The van der Waals surface area contributed by atoms with Gasteiger partial charge in [-0.15, -0.1) is 0 Å². The highest BCUT2D eigenvalue weighted by molar-refractivity contribution is 5.32. The summed E-state index contributed by atoms with van der Waals surface area (Å²) in [7, 11) is 0. The Balaban J connectivity index is 0.794. The Kier molecular flexibility index (Phi) is 25.5. The Morgan fingerprint density at radius 2 is 0.850 bits per heavy atom. The lowest BCUT2D eigenvalue weighted by Gasteiger charge is -2.67. The molecule has 0 spiro atoms. The third-order valence-corrected chi connectivity index (χ3v) is 25.0. The molecule has 9 fully saturated rings. The number of allylic oxidation sites excluding steroid dienone is 1. The van der Waals surface area contributed by atoms with Crippen molar-refractivity contribution in [2.24, 2.45) is 45.3 Å². The van der Waals surface area contributed by atoms with Crippen molar-refractivity contribution in [3.8, 4) is 0 Å². The van der Waals surface area contributed by atoms with Gasteiger partial charge in [-0.25, -0.2) is 0 Å². The number of aliphatic hydroxyl groups is 22. The second kappa shape index (κ2) is 31.5. The van der Waals surface area contributed by atoms with Gasteiger partial charge in [-0.3, -0.25) is 0 Å². The summed E-state index contributed by atoms with van der Waals surface area (Å²) < 4.78 is 70.8. The van der Waals surface area contributed by atoms with E-state index < -0.39 is 264 Å². The van der Waals surface area contributed by atoms with Crippen LogP contribution in [0.3, 0.4) is 0 Å². The molecular weight excluding hydrogens is 1340 g/mol. The first-order valence-electron chi connectivity index (χ1n) is 35.1. The molecule has 0 bridgehead atoms. The van der Waals surface area contributed by atoms with Crippen LogP contribution in [0.5, 0.6) is 0 Å². The zero-order chi connectivity index (χ0) is 73.5. The lowest BCUT2D eigenvalue weighted by molar-refractivity contribution is -0.380. The molecule has 0 aromatic heterocycles. The zero-order valence-electron chi connectivity index (χ0n) is 57.6. The normalized spacial score (nSPS) is 52.1. The average Bonchev–Trinajstić information content (AvgIpc) is 1.02. The summed E-state index contributed by atoms with van der Waals surface area (Å²) >= 11 is 0. The molecule has 580 valence electrons. The molecule has 6 aliphatic heterocycles. The summed E-state index contributed by atoms with van der Waals surface area (Å²) in [6.07, 6.45) is -47.6. The molecule has 10 rings (SSSR count). The van der Waals surface area contributed by atoms with Crippen LogP contribution in [0.1, 0.15) is 107 Å². The average molecular weight is 1450 g/mol. The van der Waals surface area contributed by atoms with Crippen LogP contribution in [-0.2, 0) is 56.8 Å². The molecule has 100 heavy (non-hydrogen) atoms. The maximum Gasteiger partial charge on any atom is 0.187 e. The second-order valence-corrected chi connectivity index (χ2v) is 31.6. The Morgan fingerprint density at radius 3 is 1.30 bits per heavy atom. The van der Waals surface area contributed by atoms with Crippen molar-refractivity contribution in [1.82, 2.24) is 0 Å². The van der Waals surface area contributed by atoms with E-state index in [9.17, 15) is 112 Å². The minimum absolute atomic E-state index is 0.00824. The molecule has 0 aromatic rings. The van der Waals surface area contributed by atoms with E-state index in [1.165, 1.54) is 13.8 Å². The minimum Gasteiger partial charge on any atom is -0.394 e. The van der Waals surface area contributed by atoms with Crippen LogP contribution in [0.4, 0.5) is 0 Å². The summed E-state index contributed by atoms with van der Waals surface area (Å²) in [6, 6.07) is 0. The molecule has 34 nitrogen and oxygen atoms in total. The number of aliphatic hydroxyl groups excluding tert-OH is 21. The van der Waals surface area contributed by atoms with Gasteiger partial charge in [0, 0.05) is 10.8 Å². The van der Waals surface area contributed by atoms with Crippen molar-refractivity contribution in [2.45, 2.75) is 315 Å². The van der Waals surface area contributed by atoms with E-state index in [-0.39, 0.29) is 35.5 Å². The lowest BCUT2D eigenvalue weighted by Crippen LogP contribution is -2.65. The second-order valence-electron chi connectivity index (χ2n) is 31.6. The van der Waals surface area contributed by atoms with E-state index in [0.717, 1.165) is 18.4 Å². The number of hydrogen-bond acceptors (Lipinski definition) is 34. The Hall–Kier alpha value is -1.62. The van der Waals surface area contributed by atoms with E-state index in [1.807, 2.05) is 13.8 Å². The number of rotatable bonds is 23. The fourth-order valence-corrected chi connectivity index (χ4v) is 18.4. The van der Waals surface area contributed by atoms with Crippen LogP contribution >= 0.6 is 0 Å². The van der Waals surface area contributed by atoms with E-state index in [2.05, 4.69) is 33.8 Å². The predicted molar refractivity (Wildman–Crippen MR) is 333 cm³/mol. The zero-order valence-corrected chi connectivity index (χ0v) is 57.6. The molecule has 1 unspecified atom stereocenters. The van der Waals surface area contributed by atoms with Gasteiger partial charge in [0.15, 0.2) is 37.7 Å². The molecule has 34 heteroatoms. The van der Waals surface area contributed by atoms with Crippen LogP contribution in [-0.4, -0.2) is 360 Å². The van der Waals surface area contributed by atoms with Gasteiger partial charge >= 0.3 is 0 Å². The smallest absolute Gasteiger partial charge is 0.187 e. The van der Waals surface area contributed by atoms with Crippen molar-refractivity contribution >= 4 is 0 Å². The van der Waals surface area contributed by atoms with Gasteiger partial charge in [0.2, 0.25) is 0 Å². The standard InChI is InChI=1S/C66H112O34/c1-24(9-13-37(63(4,5)88)99-61-55(100-60-54(87)46(79)40(73)30(20-69)94-60)49(82)43(76)33(97-61)23-90-57-51(84)45(78)39(72)29(19-68)93-57)25-15-16-64(6)34-12-10-26-27(66(34,8)35(70)17-65(25,64)7)11-14-36(62(26,2)3)98-59-53(86)48(81)42(75)32(96-59)22-91-58-52(85)47(80)41(74)31(95-58)21-89-56-50(83)44(77)38(71)28(18-67)92-56/h10,24-25,27-61,67-88H,9,11-23H2,1-8H3/t24-,25-,27?,28-,29-,30-,31-,32-,33-,34+,35-,36+,37-,38-,39-,40-,41-,42-,43-,44+,45+,46+,47+,48+,49+,50-,51-,52-,53-,54-,55-,56+,57-,58-,59+,60+,61+,64+,65-,66+/m1/s1. The first kappa shape index (κ1) is 80.9. The molecule has 6 saturated heterocycles. The fraction of sp³-hybridized carbons (Fsp3) is 0.970. The fourth-order valence-electron chi connectivity index (χ4n) is 18.4. The summed E-state index contributed by atoms with van der Waals surface area (Å²) in [5, 5.41) is 238. The van der Waals surface area contributed by atoms with Crippen LogP contribution in [0.2, 0.25) is 0 Å². The first-order chi connectivity index (χ1) is 46.8. The van der Waals surface area contributed by atoms with Gasteiger partial charge in [-0.1, -0.05) is 53.2 Å². The largest absolute Gasteiger partial charge is 0.394 e. The Morgan fingerprint density at radius 1 is 0.460 bits per heavy atom. The number of fused-ring (bicyclic) bond motifs is 5. The van der Waals surface area contributed by atoms with Crippen molar-refractivity contribution < 1.29 is 169 Å². The molecule has 6 heterocycles. The summed E-state index contributed by atoms with van der Waals surface area (Å²) in [5.41, 5.74) is -2.73. The van der Waals surface area contributed by atoms with Gasteiger partial charge < -0.3 is 169 Å². The van der Waals surface area contributed by atoms with E-state index in [1.54, 1.807) is 0 Å². The minimum atomic E-state index is -1.97. The molecule has 3 saturated carbocycles. The summed E-state index contributed by atoms with van der Waals surface area (Å²) in [5.74, 6) is -0.162. The molecule has 10 aliphatic rings. The van der Waals surface area contributed by atoms with E-state index in [0.29, 0.717) is 32.1 Å².